The number of urea groups is 1. The number of amides is 2. The van der Waals surface area contributed by atoms with Gasteiger partial charge in [-0.25, -0.2) is 4.79 Å². The Hall–Kier alpha value is -1.83. The summed E-state index contributed by atoms with van der Waals surface area (Å²) >= 11 is 1.06. The third-order valence-corrected chi connectivity index (χ3v) is 4.48. The molecule has 8 heteroatoms. The second-order valence-corrected chi connectivity index (χ2v) is 6.14. The van der Waals surface area contributed by atoms with Gasteiger partial charge < -0.3 is 20.7 Å². The molecule has 21 heavy (non-hydrogen) atoms. The number of thiazole rings is 1. The number of carbonyl (C=O) groups is 2. The van der Waals surface area contributed by atoms with Crippen LogP contribution in [0.25, 0.3) is 0 Å². The highest BCUT2D eigenvalue weighted by molar-refractivity contribution is 7.07. The van der Waals surface area contributed by atoms with E-state index in [9.17, 15) is 14.4 Å². The quantitative estimate of drug-likeness (QED) is 0.653. The minimum absolute atomic E-state index is 0.137. The molecule has 0 spiro atoms. The van der Waals surface area contributed by atoms with E-state index in [0.717, 1.165) is 24.2 Å². The molecule has 0 aromatic carbocycles. The van der Waals surface area contributed by atoms with Crippen molar-refractivity contribution in [3.63, 3.8) is 0 Å². The van der Waals surface area contributed by atoms with Crippen molar-refractivity contribution in [2.24, 2.45) is 11.8 Å². The van der Waals surface area contributed by atoms with Crippen molar-refractivity contribution in [2.45, 2.75) is 32.2 Å². The van der Waals surface area contributed by atoms with Gasteiger partial charge in [-0.15, -0.1) is 0 Å². The summed E-state index contributed by atoms with van der Waals surface area (Å²) in [6.45, 7) is 0.842. The zero-order chi connectivity index (χ0) is 15.2. The Labute approximate surface area is 125 Å². The Morgan fingerprint density at radius 3 is 2.57 bits per heavy atom. The standard InChI is InChI=1S/C13H19N3O4S/c17-11(18)9-3-1-8(2-4-9)5-14-12(19)15-6-10-7-21-13(20)16-10/h7-9H,1-6H2,(H,16,20)(H,17,18)(H2,14,15,19). The van der Waals surface area contributed by atoms with Crippen LogP contribution in [0, 0.1) is 11.8 Å². The molecule has 2 rings (SSSR count). The lowest BCUT2D eigenvalue weighted by Gasteiger charge is -2.26. The van der Waals surface area contributed by atoms with Crippen molar-refractivity contribution in [1.82, 2.24) is 15.6 Å². The fourth-order valence-electron chi connectivity index (χ4n) is 2.49. The molecule has 2 amide bonds. The van der Waals surface area contributed by atoms with E-state index in [0.29, 0.717) is 31.0 Å². The van der Waals surface area contributed by atoms with Crippen LogP contribution in [-0.2, 0) is 11.3 Å². The maximum absolute atomic E-state index is 11.6. The van der Waals surface area contributed by atoms with Gasteiger partial charge in [-0.1, -0.05) is 11.3 Å². The number of carboxylic acids is 1. The molecule has 4 N–H and O–H groups in total. The average molecular weight is 313 g/mol. The molecular formula is C13H19N3O4S. The van der Waals surface area contributed by atoms with Crippen molar-refractivity contribution in [1.29, 1.82) is 0 Å². The van der Waals surface area contributed by atoms with Gasteiger partial charge in [0.2, 0.25) is 0 Å². The Morgan fingerprint density at radius 1 is 1.29 bits per heavy atom. The van der Waals surface area contributed by atoms with Gasteiger partial charge in [-0.3, -0.25) is 9.59 Å². The van der Waals surface area contributed by atoms with Crippen molar-refractivity contribution in [2.75, 3.05) is 6.54 Å². The number of aliphatic carboxylic acids is 1. The Kier molecular flexibility index (Phi) is 5.38. The molecule has 1 heterocycles. The summed E-state index contributed by atoms with van der Waals surface area (Å²) in [5, 5.41) is 16.1. The van der Waals surface area contributed by atoms with E-state index in [1.165, 1.54) is 0 Å². The van der Waals surface area contributed by atoms with Gasteiger partial charge in [-0.2, -0.15) is 0 Å². The van der Waals surface area contributed by atoms with E-state index in [4.69, 9.17) is 5.11 Å². The first-order chi connectivity index (χ1) is 10.0. The van der Waals surface area contributed by atoms with E-state index in [2.05, 4.69) is 15.6 Å². The smallest absolute Gasteiger partial charge is 0.315 e. The average Bonchev–Trinajstić information content (AvgIpc) is 2.89. The van der Waals surface area contributed by atoms with E-state index in [-0.39, 0.29) is 23.4 Å². The minimum Gasteiger partial charge on any atom is -0.481 e. The van der Waals surface area contributed by atoms with E-state index in [1.807, 2.05) is 0 Å². The van der Waals surface area contributed by atoms with Crippen LogP contribution in [-0.4, -0.2) is 28.6 Å². The number of aromatic nitrogens is 1. The number of rotatable bonds is 5. The van der Waals surface area contributed by atoms with Gasteiger partial charge in [0.15, 0.2) is 0 Å². The van der Waals surface area contributed by atoms with Crippen LogP contribution in [0.15, 0.2) is 10.2 Å². The zero-order valence-corrected chi connectivity index (χ0v) is 12.4. The van der Waals surface area contributed by atoms with Crippen molar-refractivity contribution < 1.29 is 14.7 Å². The van der Waals surface area contributed by atoms with Gasteiger partial charge >= 0.3 is 16.9 Å². The van der Waals surface area contributed by atoms with E-state index >= 15 is 0 Å². The number of hydrogen-bond donors (Lipinski definition) is 4. The number of H-pyrrole nitrogens is 1. The maximum atomic E-state index is 11.6. The predicted molar refractivity (Wildman–Crippen MR) is 78.3 cm³/mol. The van der Waals surface area contributed by atoms with E-state index < -0.39 is 5.97 Å². The van der Waals surface area contributed by atoms with Crippen LogP contribution >= 0.6 is 11.3 Å². The molecular weight excluding hydrogens is 294 g/mol. The van der Waals surface area contributed by atoms with Gasteiger partial charge in [0.05, 0.1) is 12.5 Å². The molecule has 0 atom stereocenters. The van der Waals surface area contributed by atoms with Crippen LogP contribution in [0.1, 0.15) is 31.4 Å². The Morgan fingerprint density at radius 2 is 2.00 bits per heavy atom. The van der Waals surface area contributed by atoms with Crippen LogP contribution in [0.4, 0.5) is 4.79 Å². The summed E-state index contributed by atoms with van der Waals surface area (Å²) in [6.07, 6.45) is 3.02. The molecule has 0 bridgehead atoms. The lowest BCUT2D eigenvalue weighted by Crippen LogP contribution is -2.39. The second kappa shape index (κ2) is 7.26. The summed E-state index contributed by atoms with van der Waals surface area (Å²) in [6, 6.07) is -0.276. The number of hydrogen-bond acceptors (Lipinski definition) is 4. The molecule has 1 aromatic heterocycles. The largest absolute Gasteiger partial charge is 0.481 e. The fourth-order valence-corrected chi connectivity index (χ4v) is 3.07. The number of carbonyl (C=O) groups excluding carboxylic acids is 1. The lowest BCUT2D eigenvalue weighted by atomic mass is 9.82. The molecule has 1 aliphatic rings. The topological polar surface area (TPSA) is 111 Å². The maximum Gasteiger partial charge on any atom is 0.315 e. The van der Waals surface area contributed by atoms with E-state index in [1.54, 1.807) is 5.38 Å². The van der Waals surface area contributed by atoms with Crippen LogP contribution < -0.4 is 15.5 Å². The first kappa shape index (κ1) is 15.6. The van der Waals surface area contributed by atoms with Crippen molar-refractivity contribution in [3.8, 4) is 0 Å². The molecule has 0 aliphatic heterocycles. The van der Waals surface area contributed by atoms with Gasteiger partial charge in [0, 0.05) is 17.6 Å². The second-order valence-electron chi connectivity index (χ2n) is 5.29. The molecule has 116 valence electrons. The predicted octanol–water partition coefficient (Wildman–Crippen LogP) is 1.13. The highest BCUT2D eigenvalue weighted by Gasteiger charge is 2.25. The number of nitrogens with one attached hydrogen (secondary N) is 3. The molecule has 1 aliphatic carbocycles. The summed E-state index contributed by atoms with van der Waals surface area (Å²) in [5.41, 5.74) is 0.683. The Bertz CT molecular complexity index is 546. The molecule has 0 saturated heterocycles. The zero-order valence-electron chi connectivity index (χ0n) is 11.6. The molecule has 1 aromatic rings. The highest BCUT2D eigenvalue weighted by Crippen LogP contribution is 2.28. The van der Waals surface area contributed by atoms with Crippen molar-refractivity contribution in [3.05, 3.63) is 20.7 Å². The Balaban J connectivity index is 1.63. The van der Waals surface area contributed by atoms with Gasteiger partial charge in [0.1, 0.15) is 0 Å². The summed E-state index contributed by atoms with van der Waals surface area (Å²) in [7, 11) is 0. The number of aromatic amines is 1. The summed E-state index contributed by atoms with van der Waals surface area (Å²) < 4.78 is 0. The van der Waals surface area contributed by atoms with Gasteiger partial charge in [0.25, 0.3) is 0 Å². The third-order valence-electron chi connectivity index (χ3n) is 3.76. The minimum atomic E-state index is -0.719. The van der Waals surface area contributed by atoms with Gasteiger partial charge in [-0.05, 0) is 31.6 Å². The monoisotopic (exact) mass is 313 g/mol. The fraction of sp³-hybridized carbons (Fsp3) is 0.615. The third kappa shape index (κ3) is 4.89. The molecule has 0 radical (unpaired) electrons. The highest BCUT2D eigenvalue weighted by atomic mass is 32.1. The summed E-state index contributed by atoms with van der Waals surface area (Å²) in [4.78, 5) is 35.9. The first-order valence-electron chi connectivity index (χ1n) is 6.96. The first-order valence-corrected chi connectivity index (χ1v) is 7.83. The SMILES string of the molecule is O=C(NCc1csc(=O)[nH]1)NCC1CCC(C(=O)O)CC1. The number of carboxylic acid groups (broad SMARTS) is 1. The molecule has 7 nitrogen and oxygen atoms in total. The lowest BCUT2D eigenvalue weighted by molar-refractivity contribution is -0.143. The normalized spacial score (nSPS) is 21.7. The summed E-state index contributed by atoms with van der Waals surface area (Å²) in [5.74, 6) is -0.610. The van der Waals surface area contributed by atoms with Crippen LogP contribution in [0.5, 0.6) is 0 Å². The van der Waals surface area contributed by atoms with Crippen molar-refractivity contribution >= 4 is 23.3 Å². The van der Waals surface area contributed by atoms with Crippen LogP contribution in [0.3, 0.4) is 0 Å². The molecule has 0 unspecified atom stereocenters. The molecule has 1 fully saturated rings. The van der Waals surface area contributed by atoms with Crippen LogP contribution in [0.2, 0.25) is 0 Å². The molecule has 1 saturated carbocycles.